The third-order valence-corrected chi connectivity index (χ3v) is 8.50. The van der Waals surface area contributed by atoms with Crippen molar-refractivity contribution in [3.8, 4) is 28.6 Å². The molecule has 0 unspecified atom stereocenters. The Labute approximate surface area is 267 Å². The molecule has 0 atom stereocenters. The third kappa shape index (κ3) is 7.81. The predicted octanol–water partition coefficient (Wildman–Crippen LogP) is 7.91. The number of rotatable bonds is 14. The molecule has 12 heteroatoms. The minimum absolute atomic E-state index is 0.143. The molecule has 5 aromatic rings. The Hall–Kier alpha value is -4.96. The average molecular weight is 643 g/mol. The second-order valence-corrected chi connectivity index (χ2v) is 11.8. The van der Waals surface area contributed by atoms with E-state index in [9.17, 15) is 9.36 Å². The lowest BCUT2D eigenvalue weighted by atomic mass is 10.2. The highest BCUT2D eigenvalue weighted by atomic mass is 31.2. The van der Waals surface area contributed by atoms with Crippen LogP contribution in [0.3, 0.4) is 0 Å². The van der Waals surface area contributed by atoms with Gasteiger partial charge in [0.05, 0.1) is 26.0 Å². The van der Waals surface area contributed by atoms with E-state index in [1.807, 2.05) is 67.6 Å². The molecule has 0 fully saturated rings. The van der Waals surface area contributed by atoms with Crippen LogP contribution in [-0.2, 0) is 20.2 Å². The molecular weight excluding hydrogens is 607 g/mol. The number of methoxy groups -OCH3 is 1. The van der Waals surface area contributed by atoms with Gasteiger partial charge in [-0.05, 0) is 69.3 Å². The molecule has 1 amide bonds. The number of ether oxygens (including phenoxy) is 2. The lowest BCUT2D eigenvalue weighted by molar-refractivity contribution is 0.102. The van der Waals surface area contributed by atoms with Crippen molar-refractivity contribution >= 4 is 25.4 Å². The van der Waals surface area contributed by atoms with Crippen molar-refractivity contribution in [2.24, 2.45) is 0 Å². The van der Waals surface area contributed by atoms with E-state index in [2.05, 4.69) is 15.4 Å². The number of para-hydroxylation sites is 1. The molecule has 0 spiro atoms. The average Bonchev–Trinajstić information content (AvgIpc) is 3.66. The molecular formula is C34H35N4O7P. The van der Waals surface area contributed by atoms with Crippen molar-refractivity contribution in [3.63, 3.8) is 0 Å². The number of carbonyl (C=O) groups excluding carboxylic acids is 1. The van der Waals surface area contributed by atoms with Gasteiger partial charge in [-0.1, -0.05) is 36.4 Å². The number of oxazole rings is 1. The van der Waals surface area contributed by atoms with E-state index in [-0.39, 0.29) is 25.6 Å². The number of nitrogens with one attached hydrogen (secondary N) is 1. The van der Waals surface area contributed by atoms with Gasteiger partial charge >= 0.3 is 7.60 Å². The molecule has 1 N–H and O–H groups in total. The van der Waals surface area contributed by atoms with Gasteiger partial charge in [-0.3, -0.25) is 9.36 Å². The zero-order valence-corrected chi connectivity index (χ0v) is 26.9. The second-order valence-electron chi connectivity index (χ2n) is 9.90. The maximum atomic E-state index is 13.5. The highest BCUT2D eigenvalue weighted by Gasteiger charge is 2.21. The Morgan fingerprint density at radius 2 is 1.67 bits per heavy atom. The van der Waals surface area contributed by atoms with Crippen molar-refractivity contribution in [2.45, 2.75) is 27.4 Å². The summed E-state index contributed by atoms with van der Waals surface area (Å²) in [4.78, 5) is 18.0. The predicted molar refractivity (Wildman–Crippen MR) is 175 cm³/mol. The maximum Gasteiger partial charge on any atom is 0.354 e. The number of carbonyl (C=O) groups is 1. The summed E-state index contributed by atoms with van der Waals surface area (Å²) in [5.41, 5.74) is 3.11. The monoisotopic (exact) mass is 642 g/mol. The Kier molecular flexibility index (Phi) is 10.5. The molecule has 0 saturated carbocycles. The number of benzene rings is 3. The molecule has 0 bridgehead atoms. The highest BCUT2D eigenvalue weighted by Crippen LogP contribution is 2.50. The summed E-state index contributed by atoms with van der Waals surface area (Å²) in [6.07, 6.45) is 3.29. The summed E-state index contributed by atoms with van der Waals surface area (Å²) in [7, 11) is -2.00. The van der Waals surface area contributed by atoms with Gasteiger partial charge in [-0.15, -0.1) is 5.10 Å². The van der Waals surface area contributed by atoms with Crippen LogP contribution in [0.5, 0.6) is 11.5 Å². The Morgan fingerprint density at radius 3 is 2.35 bits per heavy atom. The van der Waals surface area contributed by atoms with Gasteiger partial charge in [-0.2, -0.15) is 0 Å². The maximum absolute atomic E-state index is 13.5. The largest absolute Gasteiger partial charge is 0.493 e. The van der Waals surface area contributed by atoms with E-state index in [1.54, 1.807) is 49.0 Å². The Balaban J connectivity index is 1.35. The first kappa shape index (κ1) is 32.4. The lowest BCUT2D eigenvalue weighted by Gasteiger charge is -2.12. The minimum Gasteiger partial charge on any atom is -0.493 e. The van der Waals surface area contributed by atoms with Crippen LogP contribution in [0.25, 0.3) is 23.2 Å². The summed E-state index contributed by atoms with van der Waals surface area (Å²) in [6.45, 7) is 5.87. The van der Waals surface area contributed by atoms with E-state index in [4.69, 9.17) is 22.9 Å². The van der Waals surface area contributed by atoms with Crippen LogP contribution in [0.15, 0.2) is 95.3 Å². The summed E-state index contributed by atoms with van der Waals surface area (Å²) in [5, 5.41) is 7.44. The first-order valence-corrected chi connectivity index (χ1v) is 16.3. The van der Waals surface area contributed by atoms with Crippen molar-refractivity contribution in [1.29, 1.82) is 0 Å². The lowest BCUT2D eigenvalue weighted by Crippen LogP contribution is -2.13. The van der Waals surface area contributed by atoms with Crippen molar-refractivity contribution in [1.82, 2.24) is 14.8 Å². The van der Waals surface area contributed by atoms with Gasteiger partial charge in [0.25, 0.3) is 5.91 Å². The summed E-state index contributed by atoms with van der Waals surface area (Å²) in [6, 6.07) is 23.9. The van der Waals surface area contributed by atoms with Gasteiger partial charge in [0.15, 0.2) is 17.3 Å². The van der Waals surface area contributed by atoms with E-state index in [1.165, 1.54) is 12.9 Å². The topological polar surface area (TPSA) is 127 Å². The molecule has 46 heavy (non-hydrogen) atoms. The Bertz CT molecular complexity index is 1840. The molecule has 0 aliphatic heterocycles. The zero-order chi connectivity index (χ0) is 32.5. The molecule has 5 rings (SSSR count). The van der Waals surface area contributed by atoms with Crippen molar-refractivity contribution in [3.05, 3.63) is 113 Å². The highest BCUT2D eigenvalue weighted by molar-refractivity contribution is 7.57. The third-order valence-electron chi connectivity index (χ3n) is 6.75. The molecule has 0 radical (unpaired) electrons. The molecule has 238 valence electrons. The molecule has 0 aliphatic carbocycles. The number of hydrogen-bond acceptors (Lipinski definition) is 9. The van der Waals surface area contributed by atoms with Gasteiger partial charge < -0.3 is 28.3 Å². The first-order chi connectivity index (χ1) is 22.3. The van der Waals surface area contributed by atoms with E-state index in [0.29, 0.717) is 40.0 Å². The number of hydrogen-bond donors (Lipinski definition) is 1. The molecule has 3 aromatic carbocycles. The van der Waals surface area contributed by atoms with Crippen LogP contribution < -0.4 is 14.8 Å². The van der Waals surface area contributed by atoms with Crippen LogP contribution >= 0.6 is 7.60 Å². The summed E-state index contributed by atoms with van der Waals surface area (Å²) < 4.78 is 42.9. The fourth-order valence-corrected chi connectivity index (χ4v) is 5.80. The molecule has 2 heterocycles. The van der Waals surface area contributed by atoms with E-state index in [0.717, 1.165) is 11.3 Å². The van der Waals surface area contributed by atoms with E-state index >= 15 is 0 Å². The number of aromatic nitrogens is 3. The van der Waals surface area contributed by atoms with Crippen molar-refractivity contribution in [2.75, 3.05) is 25.6 Å². The summed E-state index contributed by atoms with van der Waals surface area (Å²) >= 11 is 0. The zero-order valence-electron chi connectivity index (χ0n) is 26.0. The number of nitrogens with zero attached hydrogens (tertiary/aromatic N) is 3. The molecule has 0 saturated heterocycles. The first-order valence-electron chi connectivity index (χ1n) is 14.7. The van der Waals surface area contributed by atoms with Crippen LogP contribution in [0.2, 0.25) is 0 Å². The van der Waals surface area contributed by atoms with Crippen LogP contribution in [0, 0.1) is 6.92 Å². The normalized spacial score (nSPS) is 11.6. The van der Waals surface area contributed by atoms with Gasteiger partial charge in [0.1, 0.15) is 18.1 Å². The smallest absolute Gasteiger partial charge is 0.354 e. The SMILES string of the molecule is CCOP(=O)(C=Cc1cn(-c2ccccc2)nc1NC(=O)c1ccc(OCc2nc(-c3ccccc3)oc2C)c(OC)c1)OCC. The van der Waals surface area contributed by atoms with E-state index < -0.39 is 13.5 Å². The fourth-order valence-electron chi connectivity index (χ4n) is 4.49. The summed E-state index contributed by atoms with van der Waals surface area (Å²) in [5.74, 6) is 3.14. The van der Waals surface area contributed by atoms with Gasteiger partial charge in [0, 0.05) is 28.7 Å². The standard InChI is InChI=1S/C34H35N4O7P/c1-5-43-46(40,44-6-2)20-19-27-22-38(28-15-11-8-12-16-28)37-32(27)36-33(39)26-17-18-30(31(21-26)41-4)42-23-29-24(3)45-34(35-29)25-13-9-7-10-14-25/h7-22H,5-6,23H2,1-4H3,(H,36,37,39). The van der Waals surface area contributed by atoms with Crippen LogP contribution in [0.4, 0.5) is 5.82 Å². The Morgan fingerprint density at radius 1 is 0.978 bits per heavy atom. The molecule has 2 aromatic heterocycles. The van der Waals surface area contributed by atoms with Gasteiger partial charge in [0.2, 0.25) is 5.89 Å². The second kappa shape index (κ2) is 14.9. The number of amides is 1. The molecule has 11 nitrogen and oxygen atoms in total. The van der Waals surface area contributed by atoms with Crippen molar-refractivity contribution < 1.29 is 32.3 Å². The fraction of sp³-hybridized carbons (Fsp3) is 0.206. The van der Waals surface area contributed by atoms with Gasteiger partial charge in [-0.25, -0.2) is 9.67 Å². The number of aryl methyl sites for hydroxylation is 1. The quantitative estimate of drug-likeness (QED) is 0.120. The molecule has 0 aliphatic rings. The van der Waals surface area contributed by atoms with Crippen LogP contribution in [0.1, 0.15) is 41.2 Å². The number of anilines is 1. The minimum atomic E-state index is -3.49. The van der Waals surface area contributed by atoms with Crippen LogP contribution in [-0.4, -0.2) is 41.0 Å².